The maximum absolute atomic E-state index is 13.2. The average Bonchev–Trinajstić information content (AvgIpc) is 3.24. The number of halogens is 1. The molecule has 0 saturated carbocycles. The van der Waals surface area contributed by atoms with Gasteiger partial charge >= 0.3 is 0 Å². The van der Waals surface area contributed by atoms with Crippen molar-refractivity contribution in [1.29, 1.82) is 0 Å². The molecule has 3 aromatic rings. The second-order valence-electron chi connectivity index (χ2n) is 7.83. The maximum atomic E-state index is 13.2. The number of aromatic nitrogens is 3. The summed E-state index contributed by atoms with van der Waals surface area (Å²) in [5.74, 6) is 1.92. The second kappa shape index (κ2) is 8.15. The molecule has 1 saturated heterocycles. The number of pyridine rings is 1. The third kappa shape index (κ3) is 4.06. The summed E-state index contributed by atoms with van der Waals surface area (Å²) in [5.41, 5.74) is 1.51. The highest BCUT2D eigenvalue weighted by Crippen LogP contribution is 2.28. The van der Waals surface area contributed by atoms with Crippen LogP contribution < -0.4 is 0 Å². The number of benzene rings is 1. The van der Waals surface area contributed by atoms with Gasteiger partial charge in [-0.05, 0) is 49.2 Å². The van der Waals surface area contributed by atoms with Crippen molar-refractivity contribution in [2.24, 2.45) is 0 Å². The Morgan fingerprint density at radius 1 is 1.17 bits per heavy atom. The Balaban J connectivity index is 1.55. The predicted molar refractivity (Wildman–Crippen MR) is 110 cm³/mol. The standard InChI is InChI=1S/C23H25FN4O/c1-16(2)22-25-12-14-28(22)21-7-3-6-20(26-21)18-5-4-13-27(15-18)23(29)17-8-10-19(24)11-9-17/h3,6-12,14,16,18H,4-5,13,15H2,1-2H3/t18-/m0/s1. The van der Waals surface area contributed by atoms with Crippen molar-refractivity contribution in [1.82, 2.24) is 19.4 Å². The number of amides is 1. The highest BCUT2D eigenvalue weighted by molar-refractivity contribution is 5.94. The highest BCUT2D eigenvalue weighted by Gasteiger charge is 2.26. The summed E-state index contributed by atoms with van der Waals surface area (Å²) in [6.07, 6.45) is 5.65. The van der Waals surface area contributed by atoms with Gasteiger partial charge in [0.15, 0.2) is 0 Å². The number of piperidine rings is 1. The number of hydrogen-bond donors (Lipinski definition) is 0. The smallest absolute Gasteiger partial charge is 0.253 e. The molecular weight excluding hydrogens is 367 g/mol. The molecule has 29 heavy (non-hydrogen) atoms. The Morgan fingerprint density at radius 2 is 1.97 bits per heavy atom. The van der Waals surface area contributed by atoms with E-state index in [2.05, 4.69) is 18.8 Å². The molecule has 1 fully saturated rings. The molecule has 1 aliphatic rings. The van der Waals surface area contributed by atoms with Crippen LogP contribution in [0.4, 0.5) is 4.39 Å². The Labute approximate surface area is 170 Å². The van der Waals surface area contributed by atoms with Gasteiger partial charge in [-0.25, -0.2) is 14.4 Å². The summed E-state index contributed by atoms with van der Waals surface area (Å²) in [6.45, 7) is 5.56. The lowest BCUT2D eigenvalue weighted by molar-refractivity contribution is 0.0706. The lowest BCUT2D eigenvalue weighted by Crippen LogP contribution is -2.39. The summed E-state index contributed by atoms with van der Waals surface area (Å²) in [7, 11) is 0. The highest BCUT2D eigenvalue weighted by atomic mass is 19.1. The monoisotopic (exact) mass is 392 g/mol. The molecule has 1 atom stereocenters. The first-order valence-corrected chi connectivity index (χ1v) is 10.1. The van der Waals surface area contributed by atoms with Crippen LogP contribution in [0.5, 0.6) is 0 Å². The minimum atomic E-state index is -0.334. The van der Waals surface area contributed by atoms with Crippen molar-refractivity contribution in [2.45, 2.75) is 38.5 Å². The first kappa shape index (κ1) is 19.3. The predicted octanol–water partition coefficient (Wildman–Crippen LogP) is 4.55. The van der Waals surface area contributed by atoms with E-state index in [1.165, 1.54) is 12.1 Å². The molecule has 1 aromatic carbocycles. The van der Waals surface area contributed by atoms with Crippen LogP contribution in [0, 0.1) is 5.82 Å². The van der Waals surface area contributed by atoms with Gasteiger partial charge in [-0.15, -0.1) is 0 Å². The van der Waals surface area contributed by atoms with Crippen LogP contribution in [0.25, 0.3) is 5.82 Å². The van der Waals surface area contributed by atoms with E-state index in [-0.39, 0.29) is 17.6 Å². The fourth-order valence-electron chi connectivity index (χ4n) is 3.92. The number of carbonyl (C=O) groups is 1. The quantitative estimate of drug-likeness (QED) is 0.655. The minimum Gasteiger partial charge on any atom is -0.338 e. The molecule has 0 unspecified atom stereocenters. The van der Waals surface area contributed by atoms with E-state index in [0.29, 0.717) is 24.6 Å². The van der Waals surface area contributed by atoms with Crippen molar-refractivity contribution in [2.75, 3.05) is 13.1 Å². The van der Waals surface area contributed by atoms with E-state index >= 15 is 0 Å². The summed E-state index contributed by atoms with van der Waals surface area (Å²) < 4.78 is 15.2. The van der Waals surface area contributed by atoms with Crippen molar-refractivity contribution < 1.29 is 9.18 Å². The van der Waals surface area contributed by atoms with Crippen LogP contribution in [0.1, 0.15) is 60.4 Å². The molecular formula is C23H25FN4O. The third-order valence-corrected chi connectivity index (χ3v) is 5.41. The molecule has 0 N–H and O–H groups in total. The maximum Gasteiger partial charge on any atom is 0.253 e. The third-order valence-electron chi connectivity index (χ3n) is 5.41. The molecule has 0 aliphatic carbocycles. The van der Waals surface area contributed by atoms with Crippen LogP contribution in [0.3, 0.4) is 0 Å². The topological polar surface area (TPSA) is 51.0 Å². The van der Waals surface area contributed by atoms with Gasteiger partial charge in [0.2, 0.25) is 0 Å². The molecule has 1 aliphatic heterocycles. The van der Waals surface area contributed by atoms with E-state index in [0.717, 1.165) is 30.2 Å². The van der Waals surface area contributed by atoms with Crippen molar-refractivity contribution in [3.05, 3.63) is 77.8 Å². The first-order valence-electron chi connectivity index (χ1n) is 10.1. The van der Waals surface area contributed by atoms with Crippen LogP contribution in [0.2, 0.25) is 0 Å². The summed E-state index contributed by atoms with van der Waals surface area (Å²) in [4.78, 5) is 24.0. The number of rotatable bonds is 4. The van der Waals surface area contributed by atoms with E-state index in [9.17, 15) is 9.18 Å². The van der Waals surface area contributed by atoms with Gasteiger partial charge in [0, 0.05) is 48.6 Å². The molecule has 3 heterocycles. The van der Waals surface area contributed by atoms with Crippen LogP contribution in [-0.2, 0) is 0 Å². The van der Waals surface area contributed by atoms with Crippen molar-refractivity contribution in [3.8, 4) is 5.82 Å². The van der Waals surface area contributed by atoms with E-state index < -0.39 is 0 Å². The second-order valence-corrected chi connectivity index (χ2v) is 7.83. The lowest BCUT2D eigenvalue weighted by atomic mass is 9.93. The molecule has 0 spiro atoms. The van der Waals surface area contributed by atoms with Gasteiger partial charge in [-0.2, -0.15) is 0 Å². The fourth-order valence-corrected chi connectivity index (χ4v) is 3.92. The normalized spacial score (nSPS) is 17.0. The SMILES string of the molecule is CC(C)c1nccn1-c1cccc([C@H]2CCCN(C(=O)c3ccc(F)cc3)C2)n1. The van der Waals surface area contributed by atoms with Crippen LogP contribution >= 0.6 is 0 Å². The van der Waals surface area contributed by atoms with Crippen molar-refractivity contribution >= 4 is 5.91 Å². The van der Waals surface area contributed by atoms with Gasteiger partial charge in [0.1, 0.15) is 17.5 Å². The van der Waals surface area contributed by atoms with Gasteiger partial charge in [-0.1, -0.05) is 19.9 Å². The van der Waals surface area contributed by atoms with Crippen LogP contribution in [0.15, 0.2) is 54.9 Å². The summed E-state index contributed by atoms with van der Waals surface area (Å²) in [6, 6.07) is 11.8. The van der Waals surface area contributed by atoms with Gasteiger partial charge in [-0.3, -0.25) is 9.36 Å². The van der Waals surface area contributed by atoms with E-state index in [1.807, 2.05) is 33.9 Å². The molecule has 1 amide bonds. The van der Waals surface area contributed by atoms with Gasteiger partial charge in [0.05, 0.1) is 0 Å². The average molecular weight is 392 g/mol. The number of hydrogen-bond acceptors (Lipinski definition) is 3. The molecule has 4 rings (SSSR count). The van der Waals surface area contributed by atoms with Crippen molar-refractivity contribution in [3.63, 3.8) is 0 Å². The summed E-state index contributed by atoms with van der Waals surface area (Å²) in [5, 5.41) is 0. The molecule has 2 aromatic heterocycles. The number of carbonyl (C=O) groups excluding carboxylic acids is 1. The zero-order chi connectivity index (χ0) is 20.4. The number of nitrogens with zero attached hydrogens (tertiary/aromatic N) is 4. The lowest BCUT2D eigenvalue weighted by Gasteiger charge is -2.32. The number of imidazole rings is 1. The molecule has 6 heteroatoms. The molecule has 5 nitrogen and oxygen atoms in total. The molecule has 0 bridgehead atoms. The van der Waals surface area contributed by atoms with E-state index in [1.54, 1.807) is 18.3 Å². The van der Waals surface area contributed by atoms with Crippen LogP contribution in [-0.4, -0.2) is 38.4 Å². The molecule has 150 valence electrons. The minimum absolute atomic E-state index is 0.0532. The number of likely N-dealkylation sites (tertiary alicyclic amines) is 1. The zero-order valence-electron chi connectivity index (χ0n) is 16.8. The Hall–Kier alpha value is -3.02. The first-order chi connectivity index (χ1) is 14.0. The largest absolute Gasteiger partial charge is 0.338 e. The summed E-state index contributed by atoms with van der Waals surface area (Å²) >= 11 is 0. The Kier molecular flexibility index (Phi) is 5.43. The van der Waals surface area contributed by atoms with E-state index in [4.69, 9.17) is 4.98 Å². The van der Waals surface area contributed by atoms with Gasteiger partial charge in [0.25, 0.3) is 5.91 Å². The fraction of sp³-hybridized carbons (Fsp3) is 0.348. The Bertz CT molecular complexity index is 996. The Morgan fingerprint density at radius 3 is 2.72 bits per heavy atom. The van der Waals surface area contributed by atoms with Gasteiger partial charge < -0.3 is 4.90 Å². The zero-order valence-corrected chi connectivity index (χ0v) is 16.8. The molecule has 0 radical (unpaired) electrons.